The Morgan fingerprint density at radius 2 is 1.86 bits per heavy atom. The molecule has 3 nitrogen and oxygen atoms in total. The third-order valence-electron chi connectivity index (χ3n) is 3.52. The summed E-state index contributed by atoms with van der Waals surface area (Å²) < 4.78 is 37.2. The highest BCUT2D eigenvalue weighted by atomic mass is 35.5. The van der Waals surface area contributed by atoms with E-state index in [2.05, 4.69) is 10.2 Å². The number of hydrogen-bond donors (Lipinski definition) is 1. The lowest BCUT2D eigenvalue weighted by Gasteiger charge is -2.37. The van der Waals surface area contributed by atoms with Crippen molar-refractivity contribution in [2.75, 3.05) is 44.7 Å². The molecule has 21 heavy (non-hydrogen) atoms. The number of anilines is 1. The first-order valence-electron chi connectivity index (χ1n) is 6.86. The lowest BCUT2D eigenvalue weighted by Crippen LogP contribution is -2.49. The van der Waals surface area contributed by atoms with Gasteiger partial charge in [-0.2, -0.15) is 13.2 Å². The molecule has 1 aromatic rings. The van der Waals surface area contributed by atoms with E-state index in [1.54, 1.807) is 0 Å². The fraction of sp³-hybridized carbons (Fsp3) is 0.571. The SMILES string of the molecule is CNCc1cc(Cl)ccc1N1CCN(CC(F)(F)F)CC1. The molecule has 118 valence electrons. The standard InChI is InChI=1S/C14H19ClF3N3/c1-19-9-11-8-12(15)2-3-13(11)21-6-4-20(5-7-21)10-14(16,17)18/h2-3,8,19H,4-7,9-10H2,1H3. The van der Waals surface area contributed by atoms with Gasteiger partial charge in [0.15, 0.2) is 0 Å². The van der Waals surface area contributed by atoms with Gasteiger partial charge in [0.1, 0.15) is 0 Å². The molecule has 1 heterocycles. The number of rotatable bonds is 4. The molecular formula is C14H19ClF3N3. The summed E-state index contributed by atoms with van der Waals surface area (Å²) in [6, 6.07) is 5.65. The second-order valence-electron chi connectivity index (χ2n) is 5.18. The highest BCUT2D eigenvalue weighted by Gasteiger charge is 2.32. The molecular weight excluding hydrogens is 303 g/mol. The van der Waals surface area contributed by atoms with Gasteiger partial charge >= 0.3 is 6.18 Å². The second kappa shape index (κ2) is 6.85. The van der Waals surface area contributed by atoms with Crippen molar-refractivity contribution >= 4 is 17.3 Å². The van der Waals surface area contributed by atoms with Gasteiger partial charge in [-0.15, -0.1) is 0 Å². The van der Waals surface area contributed by atoms with Crippen LogP contribution in [0.5, 0.6) is 0 Å². The summed E-state index contributed by atoms with van der Waals surface area (Å²) >= 11 is 6.01. The molecule has 1 fully saturated rings. The average molecular weight is 322 g/mol. The molecule has 1 N–H and O–H groups in total. The van der Waals surface area contributed by atoms with Gasteiger partial charge in [0, 0.05) is 43.4 Å². The summed E-state index contributed by atoms with van der Waals surface area (Å²) in [4.78, 5) is 3.57. The smallest absolute Gasteiger partial charge is 0.369 e. The van der Waals surface area contributed by atoms with Crippen LogP contribution in [0.1, 0.15) is 5.56 Å². The maximum Gasteiger partial charge on any atom is 0.401 e. The van der Waals surface area contributed by atoms with Crippen LogP contribution in [0.25, 0.3) is 0 Å². The van der Waals surface area contributed by atoms with Crippen molar-refractivity contribution in [3.63, 3.8) is 0 Å². The van der Waals surface area contributed by atoms with Crippen LogP contribution in [0.15, 0.2) is 18.2 Å². The molecule has 0 amide bonds. The lowest BCUT2D eigenvalue weighted by atomic mass is 10.1. The van der Waals surface area contributed by atoms with E-state index >= 15 is 0 Å². The maximum absolute atomic E-state index is 12.4. The first kappa shape index (κ1) is 16.4. The summed E-state index contributed by atoms with van der Waals surface area (Å²) in [5.41, 5.74) is 2.11. The largest absolute Gasteiger partial charge is 0.401 e. The van der Waals surface area contributed by atoms with E-state index in [0.29, 0.717) is 37.7 Å². The van der Waals surface area contributed by atoms with Crippen molar-refractivity contribution in [1.82, 2.24) is 10.2 Å². The molecule has 0 aliphatic carbocycles. The number of benzene rings is 1. The minimum Gasteiger partial charge on any atom is -0.369 e. The van der Waals surface area contributed by atoms with Gasteiger partial charge in [-0.3, -0.25) is 4.90 Å². The quantitative estimate of drug-likeness (QED) is 0.920. The number of nitrogens with one attached hydrogen (secondary N) is 1. The van der Waals surface area contributed by atoms with Crippen LogP contribution in [-0.4, -0.2) is 50.8 Å². The van der Waals surface area contributed by atoms with Crippen molar-refractivity contribution in [1.29, 1.82) is 0 Å². The molecule has 0 aromatic heterocycles. The number of alkyl halides is 3. The predicted octanol–water partition coefficient (Wildman–Crippen LogP) is 2.74. The summed E-state index contributed by atoms with van der Waals surface area (Å²) in [6.45, 7) is 1.87. The Morgan fingerprint density at radius 3 is 2.43 bits per heavy atom. The molecule has 0 radical (unpaired) electrons. The minimum absolute atomic E-state index is 0.418. The third kappa shape index (κ3) is 4.76. The van der Waals surface area contributed by atoms with Gasteiger partial charge in [0.05, 0.1) is 6.54 Å². The van der Waals surface area contributed by atoms with Crippen LogP contribution in [-0.2, 0) is 6.54 Å². The topological polar surface area (TPSA) is 18.5 Å². The first-order valence-corrected chi connectivity index (χ1v) is 7.24. The zero-order valence-corrected chi connectivity index (χ0v) is 12.6. The van der Waals surface area contributed by atoms with Crippen molar-refractivity contribution in [2.24, 2.45) is 0 Å². The van der Waals surface area contributed by atoms with Crippen LogP contribution < -0.4 is 10.2 Å². The van der Waals surface area contributed by atoms with Gasteiger partial charge in [-0.25, -0.2) is 0 Å². The molecule has 1 saturated heterocycles. The zero-order valence-electron chi connectivity index (χ0n) is 11.9. The molecule has 7 heteroatoms. The van der Waals surface area contributed by atoms with Crippen LogP contribution >= 0.6 is 11.6 Å². The van der Waals surface area contributed by atoms with Crippen LogP contribution in [0, 0.1) is 0 Å². The van der Waals surface area contributed by atoms with Gasteiger partial charge in [-0.05, 0) is 30.8 Å². The summed E-state index contributed by atoms with van der Waals surface area (Å²) in [6.07, 6.45) is -4.13. The van der Waals surface area contributed by atoms with Crippen LogP contribution in [0.4, 0.5) is 18.9 Å². The molecule has 1 aliphatic rings. The molecule has 0 spiro atoms. The molecule has 0 atom stereocenters. The average Bonchev–Trinajstić information content (AvgIpc) is 2.39. The van der Waals surface area contributed by atoms with Gasteiger partial charge in [-0.1, -0.05) is 11.6 Å². The minimum atomic E-state index is -4.13. The molecule has 2 rings (SSSR count). The van der Waals surface area contributed by atoms with E-state index < -0.39 is 12.7 Å². The predicted molar refractivity (Wildman–Crippen MR) is 78.9 cm³/mol. The van der Waals surface area contributed by atoms with Gasteiger partial charge < -0.3 is 10.2 Å². The Kier molecular flexibility index (Phi) is 5.35. The zero-order chi connectivity index (χ0) is 15.5. The van der Waals surface area contributed by atoms with Gasteiger partial charge in [0.25, 0.3) is 0 Å². The Hall–Kier alpha value is -0.980. The van der Waals surface area contributed by atoms with Crippen LogP contribution in [0.2, 0.25) is 5.02 Å². The molecule has 1 aromatic carbocycles. The Balaban J connectivity index is 2.02. The Morgan fingerprint density at radius 1 is 1.19 bits per heavy atom. The second-order valence-corrected chi connectivity index (χ2v) is 5.62. The van der Waals surface area contributed by atoms with E-state index in [0.717, 1.165) is 11.3 Å². The van der Waals surface area contributed by atoms with E-state index in [4.69, 9.17) is 11.6 Å². The number of piperazine rings is 1. The highest BCUT2D eigenvalue weighted by molar-refractivity contribution is 6.30. The van der Waals surface area contributed by atoms with Gasteiger partial charge in [0.2, 0.25) is 0 Å². The van der Waals surface area contributed by atoms with E-state index in [1.807, 2.05) is 25.2 Å². The number of nitrogens with zero attached hydrogens (tertiary/aromatic N) is 2. The van der Waals surface area contributed by atoms with Crippen LogP contribution in [0.3, 0.4) is 0 Å². The first-order chi connectivity index (χ1) is 9.89. The molecule has 0 unspecified atom stereocenters. The lowest BCUT2D eigenvalue weighted by molar-refractivity contribution is -0.146. The molecule has 0 saturated carbocycles. The maximum atomic E-state index is 12.4. The van der Waals surface area contributed by atoms with E-state index in [9.17, 15) is 13.2 Å². The number of halogens is 4. The third-order valence-corrected chi connectivity index (χ3v) is 3.76. The fourth-order valence-corrected chi connectivity index (χ4v) is 2.79. The van der Waals surface area contributed by atoms with Crippen molar-refractivity contribution < 1.29 is 13.2 Å². The summed E-state index contributed by atoms with van der Waals surface area (Å²) in [5, 5.41) is 3.75. The number of hydrogen-bond acceptors (Lipinski definition) is 3. The highest BCUT2D eigenvalue weighted by Crippen LogP contribution is 2.26. The summed E-state index contributed by atoms with van der Waals surface area (Å²) in [5.74, 6) is 0. The molecule has 1 aliphatic heterocycles. The normalized spacial score (nSPS) is 17.3. The van der Waals surface area contributed by atoms with Crippen molar-refractivity contribution in [3.05, 3.63) is 28.8 Å². The van der Waals surface area contributed by atoms with E-state index in [1.165, 1.54) is 4.90 Å². The van der Waals surface area contributed by atoms with Crippen molar-refractivity contribution in [2.45, 2.75) is 12.7 Å². The molecule has 0 bridgehead atoms. The monoisotopic (exact) mass is 321 g/mol. The summed E-state index contributed by atoms with van der Waals surface area (Å²) in [7, 11) is 1.85. The van der Waals surface area contributed by atoms with Crippen molar-refractivity contribution in [3.8, 4) is 0 Å². The Bertz CT molecular complexity index is 471. The fourth-order valence-electron chi connectivity index (χ4n) is 2.60. The van der Waals surface area contributed by atoms with E-state index in [-0.39, 0.29) is 0 Å². The Labute approximate surface area is 127 Å².